The van der Waals surface area contributed by atoms with Gasteiger partial charge in [-0.25, -0.2) is 4.98 Å². The van der Waals surface area contributed by atoms with E-state index in [2.05, 4.69) is 44.2 Å². The molecule has 0 N–H and O–H groups in total. The van der Waals surface area contributed by atoms with Crippen LogP contribution in [0, 0.1) is 0 Å². The molecule has 2 rings (SSSR count). The van der Waals surface area contributed by atoms with Gasteiger partial charge in [-0.15, -0.1) is 0 Å². The van der Waals surface area contributed by atoms with Crippen LogP contribution in [0.1, 0.15) is 11.4 Å². The van der Waals surface area contributed by atoms with E-state index >= 15 is 0 Å². The molecule has 0 aliphatic carbocycles. The summed E-state index contributed by atoms with van der Waals surface area (Å²) in [5.74, 6) is 0.945. The van der Waals surface area contributed by atoms with Crippen LogP contribution in [0.25, 0.3) is 5.57 Å². The van der Waals surface area contributed by atoms with Gasteiger partial charge in [-0.2, -0.15) is 0 Å². The molecule has 0 amide bonds. The Hall–Kier alpha value is -1.35. The third-order valence-corrected chi connectivity index (χ3v) is 3.07. The maximum absolute atomic E-state index is 4.32. The van der Waals surface area contributed by atoms with E-state index in [1.165, 1.54) is 5.56 Å². The second kappa shape index (κ2) is 5.12. The molecule has 0 saturated carbocycles. The quantitative estimate of drug-likeness (QED) is 0.784. The van der Waals surface area contributed by atoms with Gasteiger partial charge in [0, 0.05) is 24.3 Å². The van der Waals surface area contributed by atoms with Gasteiger partial charge in [-0.05, 0) is 11.1 Å². The summed E-state index contributed by atoms with van der Waals surface area (Å²) in [7, 11) is 0. The Balaban J connectivity index is 2.22. The molecule has 0 saturated heterocycles. The minimum atomic E-state index is 0.749. The highest BCUT2D eigenvalue weighted by Gasteiger charge is 2.05. The van der Waals surface area contributed by atoms with Gasteiger partial charge in [-0.1, -0.05) is 52.8 Å². The number of alkyl halides is 1. The fraction of sp³-hybridized carbons (Fsp3) is 0.154. The van der Waals surface area contributed by atoms with Crippen LogP contribution < -0.4 is 0 Å². The van der Waals surface area contributed by atoms with Crippen LogP contribution in [0.3, 0.4) is 0 Å². The van der Waals surface area contributed by atoms with Gasteiger partial charge in [-0.3, -0.25) is 0 Å². The van der Waals surface area contributed by atoms with Gasteiger partial charge in [0.05, 0.1) is 0 Å². The van der Waals surface area contributed by atoms with Gasteiger partial charge in [0.25, 0.3) is 0 Å². The zero-order valence-corrected chi connectivity index (χ0v) is 10.5. The lowest BCUT2D eigenvalue weighted by Crippen LogP contribution is -2.03. The van der Waals surface area contributed by atoms with Gasteiger partial charge < -0.3 is 4.57 Å². The van der Waals surface area contributed by atoms with Crippen molar-refractivity contribution in [1.29, 1.82) is 0 Å². The van der Waals surface area contributed by atoms with Crippen molar-refractivity contribution in [1.82, 2.24) is 9.55 Å². The van der Waals surface area contributed by atoms with E-state index in [0.717, 1.165) is 23.3 Å². The molecule has 16 heavy (non-hydrogen) atoms. The number of hydrogen-bond acceptors (Lipinski definition) is 1. The normalized spacial score (nSPS) is 10.3. The summed E-state index contributed by atoms with van der Waals surface area (Å²) in [5.41, 5.74) is 2.27. The molecular weight excluding hydrogens is 264 g/mol. The van der Waals surface area contributed by atoms with E-state index in [9.17, 15) is 0 Å². The number of allylic oxidation sites excluding steroid dienone is 1. The smallest absolute Gasteiger partial charge is 0.136 e. The van der Waals surface area contributed by atoms with E-state index in [1.807, 2.05) is 30.6 Å². The monoisotopic (exact) mass is 276 g/mol. The third kappa shape index (κ3) is 2.42. The molecule has 2 aromatic rings. The minimum absolute atomic E-state index is 0.749. The molecule has 1 aromatic carbocycles. The summed E-state index contributed by atoms with van der Waals surface area (Å²) in [5, 5.41) is 0.749. The topological polar surface area (TPSA) is 17.8 Å². The number of halogens is 1. The highest BCUT2D eigenvalue weighted by molar-refractivity contribution is 9.09. The lowest BCUT2D eigenvalue weighted by atomic mass is 10.2. The molecule has 2 nitrogen and oxygen atoms in total. The first-order valence-corrected chi connectivity index (χ1v) is 6.22. The van der Waals surface area contributed by atoms with Crippen LogP contribution in [-0.2, 0) is 6.54 Å². The zero-order valence-electron chi connectivity index (χ0n) is 8.94. The summed E-state index contributed by atoms with van der Waals surface area (Å²) in [6.45, 7) is 4.82. The Morgan fingerprint density at radius 1 is 1.31 bits per heavy atom. The minimum Gasteiger partial charge on any atom is -0.327 e. The Kier molecular flexibility index (Phi) is 3.57. The Morgan fingerprint density at radius 2 is 2.06 bits per heavy atom. The van der Waals surface area contributed by atoms with E-state index < -0.39 is 0 Å². The number of imidazole rings is 1. The van der Waals surface area contributed by atoms with Crippen molar-refractivity contribution in [3.8, 4) is 0 Å². The maximum Gasteiger partial charge on any atom is 0.136 e. The SMILES string of the molecule is C=C(CBr)c1nccn1Cc1ccccc1. The number of aromatic nitrogens is 2. The van der Waals surface area contributed by atoms with E-state index in [0.29, 0.717) is 0 Å². The highest BCUT2D eigenvalue weighted by atomic mass is 79.9. The number of rotatable bonds is 4. The van der Waals surface area contributed by atoms with Crippen molar-refractivity contribution in [2.75, 3.05) is 5.33 Å². The van der Waals surface area contributed by atoms with Gasteiger partial charge in [0.15, 0.2) is 0 Å². The first-order chi connectivity index (χ1) is 7.81. The fourth-order valence-corrected chi connectivity index (χ4v) is 1.84. The average molecular weight is 277 g/mol. The van der Waals surface area contributed by atoms with Crippen LogP contribution >= 0.6 is 15.9 Å². The molecule has 3 heteroatoms. The Morgan fingerprint density at radius 3 is 2.75 bits per heavy atom. The van der Waals surface area contributed by atoms with Crippen LogP contribution in [0.15, 0.2) is 49.3 Å². The Labute approximate surface area is 104 Å². The molecule has 1 aromatic heterocycles. The van der Waals surface area contributed by atoms with Crippen LogP contribution in [0.2, 0.25) is 0 Å². The number of benzene rings is 1. The second-order valence-corrected chi connectivity index (χ2v) is 4.16. The lowest BCUT2D eigenvalue weighted by molar-refractivity contribution is 0.783. The van der Waals surface area contributed by atoms with Crippen LogP contribution in [0.5, 0.6) is 0 Å². The van der Waals surface area contributed by atoms with Crippen molar-refractivity contribution in [3.63, 3.8) is 0 Å². The molecule has 0 unspecified atom stereocenters. The highest BCUT2D eigenvalue weighted by Crippen LogP contribution is 2.14. The van der Waals surface area contributed by atoms with Crippen molar-refractivity contribution in [3.05, 3.63) is 60.7 Å². The Bertz CT molecular complexity index is 474. The molecule has 0 radical (unpaired) electrons. The summed E-state index contributed by atoms with van der Waals surface area (Å²) in [6, 6.07) is 10.3. The van der Waals surface area contributed by atoms with Gasteiger partial charge in [0.1, 0.15) is 5.82 Å². The van der Waals surface area contributed by atoms with Crippen molar-refractivity contribution >= 4 is 21.5 Å². The van der Waals surface area contributed by atoms with Crippen LogP contribution in [-0.4, -0.2) is 14.9 Å². The largest absolute Gasteiger partial charge is 0.327 e. The van der Waals surface area contributed by atoms with Crippen molar-refractivity contribution < 1.29 is 0 Å². The molecule has 0 bridgehead atoms. The molecule has 82 valence electrons. The third-order valence-electron chi connectivity index (χ3n) is 2.39. The predicted octanol–water partition coefficient (Wildman–Crippen LogP) is 3.34. The molecule has 0 aliphatic heterocycles. The molecule has 0 aliphatic rings. The van der Waals surface area contributed by atoms with Crippen LogP contribution in [0.4, 0.5) is 0 Å². The van der Waals surface area contributed by atoms with E-state index in [1.54, 1.807) is 0 Å². The summed E-state index contributed by atoms with van der Waals surface area (Å²) < 4.78 is 2.11. The zero-order chi connectivity index (χ0) is 11.4. The molecule has 1 heterocycles. The lowest BCUT2D eigenvalue weighted by Gasteiger charge is -2.08. The van der Waals surface area contributed by atoms with Crippen molar-refractivity contribution in [2.24, 2.45) is 0 Å². The molecular formula is C13H13BrN2. The van der Waals surface area contributed by atoms with Gasteiger partial charge >= 0.3 is 0 Å². The van der Waals surface area contributed by atoms with Crippen molar-refractivity contribution in [2.45, 2.75) is 6.54 Å². The van der Waals surface area contributed by atoms with Gasteiger partial charge in [0.2, 0.25) is 0 Å². The fourth-order valence-electron chi connectivity index (χ4n) is 1.59. The maximum atomic E-state index is 4.32. The number of nitrogens with zero attached hydrogens (tertiary/aromatic N) is 2. The predicted molar refractivity (Wildman–Crippen MR) is 70.6 cm³/mol. The second-order valence-electron chi connectivity index (χ2n) is 3.60. The molecule has 0 spiro atoms. The number of hydrogen-bond donors (Lipinski definition) is 0. The molecule has 0 atom stereocenters. The average Bonchev–Trinajstić information content (AvgIpc) is 2.77. The summed E-state index contributed by atoms with van der Waals surface area (Å²) in [4.78, 5) is 4.32. The first-order valence-electron chi connectivity index (χ1n) is 5.10. The molecule has 0 fully saturated rings. The summed E-state index contributed by atoms with van der Waals surface area (Å²) >= 11 is 3.40. The summed E-state index contributed by atoms with van der Waals surface area (Å²) in [6.07, 6.45) is 3.79. The van der Waals surface area contributed by atoms with E-state index in [4.69, 9.17) is 0 Å². The van der Waals surface area contributed by atoms with E-state index in [-0.39, 0.29) is 0 Å². The standard InChI is InChI=1S/C13H13BrN2/c1-11(9-14)13-15-7-8-16(13)10-12-5-3-2-4-6-12/h2-8H,1,9-10H2. The first kappa shape index (κ1) is 11.1.